The van der Waals surface area contributed by atoms with E-state index >= 15 is 0 Å². The predicted molar refractivity (Wildman–Crippen MR) is 44.4 cm³/mol. The van der Waals surface area contributed by atoms with Gasteiger partial charge in [0.1, 0.15) is 5.17 Å². The third kappa shape index (κ3) is 1.05. The Bertz CT molecular complexity index is 302. The predicted octanol–water partition coefficient (Wildman–Crippen LogP) is 1.87. The maximum Gasteiger partial charge on any atom is 0.152 e. The van der Waals surface area contributed by atoms with Crippen LogP contribution in [0.4, 0.5) is 5.82 Å². The molecule has 0 radical (unpaired) electrons. The lowest BCUT2D eigenvalue weighted by molar-refractivity contribution is 0.765. The van der Waals surface area contributed by atoms with Crippen LogP contribution < -0.4 is 0 Å². The molecule has 1 aromatic heterocycles. The fraction of sp³-hybridized carbons (Fsp3) is 0.429. The highest BCUT2D eigenvalue weighted by atomic mass is 35.5. The number of nitrogens with one attached hydrogen (secondary N) is 1. The minimum absolute atomic E-state index is 0.335. The van der Waals surface area contributed by atoms with Gasteiger partial charge in [0, 0.05) is 11.5 Å². The second-order valence-corrected chi connectivity index (χ2v) is 3.17. The Labute approximate surface area is 69.5 Å². The third-order valence-corrected chi connectivity index (χ3v) is 2.30. The maximum atomic E-state index is 5.85. The van der Waals surface area contributed by atoms with E-state index in [9.17, 15) is 0 Å². The van der Waals surface area contributed by atoms with Gasteiger partial charge < -0.3 is 0 Å². The van der Waals surface area contributed by atoms with Crippen molar-refractivity contribution >= 4 is 22.6 Å². The monoisotopic (exact) mass is 169 g/mol. The molecule has 4 heteroatoms. The van der Waals surface area contributed by atoms with Crippen molar-refractivity contribution in [2.24, 2.45) is 10.9 Å². The Morgan fingerprint density at radius 3 is 3.36 bits per heavy atom. The molecular formula is C7H8ClN3. The maximum absolute atomic E-state index is 5.85. The Morgan fingerprint density at radius 1 is 1.73 bits per heavy atom. The van der Waals surface area contributed by atoms with Crippen molar-refractivity contribution in [1.82, 2.24) is 10.2 Å². The first-order chi connectivity index (χ1) is 5.27. The molecule has 0 spiro atoms. The smallest absolute Gasteiger partial charge is 0.152 e. The van der Waals surface area contributed by atoms with Crippen LogP contribution >= 0.6 is 11.6 Å². The van der Waals surface area contributed by atoms with Crippen LogP contribution in [-0.4, -0.2) is 15.4 Å². The van der Waals surface area contributed by atoms with Crippen molar-refractivity contribution < 1.29 is 0 Å². The number of hydrogen-bond donors (Lipinski definition) is 1. The number of aliphatic imine (C=N–C) groups is 1. The van der Waals surface area contributed by atoms with Crippen LogP contribution in [0, 0.1) is 5.92 Å². The average molecular weight is 170 g/mol. The summed E-state index contributed by atoms with van der Waals surface area (Å²) >= 11 is 5.85. The van der Waals surface area contributed by atoms with Gasteiger partial charge in [0.25, 0.3) is 0 Å². The molecule has 1 atom stereocenters. The van der Waals surface area contributed by atoms with E-state index in [2.05, 4.69) is 22.1 Å². The molecule has 0 aromatic carbocycles. The molecule has 1 aromatic rings. The fourth-order valence-electron chi connectivity index (χ4n) is 1.18. The summed E-state index contributed by atoms with van der Waals surface area (Å²) in [4.78, 5) is 4.15. The Balaban J connectivity index is 2.47. The van der Waals surface area contributed by atoms with Crippen LogP contribution in [0.25, 0.3) is 0 Å². The lowest BCUT2D eigenvalue weighted by atomic mass is 10.0. The van der Waals surface area contributed by atoms with E-state index in [0.717, 1.165) is 17.8 Å². The fourth-order valence-corrected chi connectivity index (χ4v) is 1.34. The molecule has 0 fully saturated rings. The Morgan fingerprint density at radius 2 is 2.55 bits per heavy atom. The van der Waals surface area contributed by atoms with E-state index in [0.29, 0.717) is 11.1 Å². The average Bonchev–Trinajstić information content (AvgIpc) is 2.36. The molecule has 2 rings (SSSR count). The van der Waals surface area contributed by atoms with Crippen LogP contribution in [0.1, 0.15) is 12.5 Å². The normalized spacial score (nSPS) is 22.7. The van der Waals surface area contributed by atoms with Gasteiger partial charge in [-0.1, -0.05) is 18.5 Å². The SMILES string of the molecule is CC1Cc2cn[nH]c2N=C1Cl. The molecule has 2 heterocycles. The molecule has 0 saturated carbocycles. The molecule has 0 saturated heterocycles. The van der Waals surface area contributed by atoms with Crippen molar-refractivity contribution in [3.05, 3.63) is 11.8 Å². The zero-order valence-electron chi connectivity index (χ0n) is 6.13. The van der Waals surface area contributed by atoms with Crippen molar-refractivity contribution in [3.8, 4) is 0 Å². The summed E-state index contributed by atoms with van der Waals surface area (Å²) in [5.74, 6) is 1.15. The van der Waals surface area contributed by atoms with Crippen molar-refractivity contribution in [2.75, 3.05) is 0 Å². The zero-order valence-corrected chi connectivity index (χ0v) is 6.89. The van der Waals surface area contributed by atoms with E-state index < -0.39 is 0 Å². The molecule has 0 bridgehead atoms. The first kappa shape index (κ1) is 6.85. The van der Waals surface area contributed by atoms with Gasteiger partial charge in [-0.3, -0.25) is 5.10 Å². The number of aromatic nitrogens is 2. The van der Waals surface area contributed by atoms with Gasteiger partial charge in [0.15, 0.2) is 5.82 Å². The van der Waals surface area contributed by atoms with E-state index in [1.54, 1.807) is 6.20 Å². The second-order valence-electron chi connectivity index (χ2n) is 2.78. The lowest BCUT2D eigenvalue weighted by Gasteiger charge is -2.12. The molecule has 3 nitrogen and oxygen atoms in total. The number of aromatic amines is 1. The van der Waals surface area contributed by atoms with Crippen LogP contribution in [0.2, 0.25) is 0 Å². The molecule has 0 aliphatic carbocycles. The molecule has 1 aliphatic rings. The molecule has 1 aliphatic heterocycles. The van der Waals surface area contributed by atoms with Crippen molar-refractivity contribution in [2.45, 2.75) is 13.3 Å². The Hall–Kier alpha value is -0.830. The number of halogens is 1. The lowest BCUT2D eigenvalue weighted by Crippen LogP contribution is -2.11. The molecule has 0 amide bonds. The zero-order chi connectivity index (χ0) is 7.84. The van der Waals surface area contributed by atoms with Crippen LogP contribution in [0.3, 0.4) is 0 Å². The summed E-state index contributed by atoms with van der Waals surface area (Å²) in [6.07, 6.45) is 2.74. The van der Waals surface area contributed by atoms with Gasteiger partial charge in [-0.2, -0.15) is 5.10 Å². The van der Waals surface area contributed by atoms with E-state index in [4.69, 9.17) is 11.6 Å². The summed E-state index contributed by atoms with van der Waals surface area (Å²) in [5, 5.41) is 7.34. The summed E-state index contributed by atoms with van der Waals surface area (Å²) in [5.41, 5.74) is 1.15. The summed E-state index contributed by atoms with van der Waals surface area (Å²) in [6, 6.07) is 0. The topological polar surface area (TPSA) is 41.0 Å². The standard InChI is InChI=1S/C7H8ClN3/c1-4-2-5-3-9-11-7(5)10-6(4)8/h3-4H,2H2,1H3,(H,9,11). The molecule has 11 heavy (non-hydrogen) atoms. The number of rotatable bonds is 0. The van der Waals surface area contributed by atoms with Crippen LogP contribution in [-0.2, 0) is 6.42 Å². The molecule has 58 valence electrons. The first-order valence-corrected chi connectivity index (χ1v) is 3.91. The summed E-state index contributed by atoms with van der Waals surface area (Å²) in [7, 11) is 0. The van der Waals surface area contributed by atoms with E-state index in [1.165, 1.54) is 0 Å². The summed E-state index contributed by atoms with van der Waals surface area (Å²) < 4.78 is 0. The Kier molecular flexibility index (Phi) is 1.46. The molecule has 1 N–H and O–H groups in total. The first-order valence-electron chi connectivity index (χ1n) is 3.53. The van der Waals surface area contributed by atoms with Gasteiger partial charge in [0.05, 0.1) is 6.20 Å². The van der Waals surface area contributed by atoms with E-state index in [1.807, 2.05) is 0 Å². The summed E-state index contributed by atoms with van der Waals surface area (Å²) in [6.45, 7) is 2.06. The second kappa shape index (κ2) is 2.34. The number of H-pyrrole nitrogens is 1. The van der Waals surface area contributed by atoms with Crippen molar-refractivity contribution in [1.29, 1.82) is 0 Å². The van der Waals surface area contributed by atoms with Gasteiger partial charge in [-0.25, -0.2) is 4.99 Å². The highest BCUT2D eigenvalue weighted by Crippen LogP contribution is 2.26. The molecule has 1 unspecified atom stereocenters. The van der Waals surface area contributed by atoms with E-state index in [-0.39, 0.29) is 0 Å². The largest absolute Gasteiger partial charge is 0.261 e. The number of fused-ring (bicyclic) bond motifs is 1. The van der Waals surface area contributed by atoms with Crippen molar-refractivity contribution in [3.63, 3.8) is 0 Å². The van der Waals surface area contributed by atoms with Gasteiger partial charge in [-0.15, -0.1) is 0 Å². The number of nitrogens with zero attached hydrogens (tertiary/aromatic N) is 2. The van der Waals surface area contributed by atoms with Gasteiger partial charge >= 0.3 is 0 Å². The highest BCUT2D eigenvalue weighted by molar-refractivity contribution is 6.66. The number of hydrogen-bond acceptors (Lipinski definition) is 2. The minimum atomic E-state index is 0.335. The third-order valence-electron chi connectivity index (χ3n) is 1.85. The van der Waals surface area contributed by atoms with Crippen LogP contribution in [0.5, 0.6) is 0 Å². The van der Waals surface area contributed by atoms with Crippen LogP contribution in [0.15, 0.2) is 11.2 Å². The highest BCUT2D eigenvalue weighted by Gasteiger charge is 2.18. The van der Waals surface area contributed by atoms with Gasteiger partial charge in [0.2, 0.25) is 0 Å². The molecular weight excluding hydrogens is 162 g/mol. The quantitative estimate of drug-likeness (QED) is 0.633. The minimum Gasteiger partial charge on any atom is -0.261 e. The van der Waals surface area contributed by atoms with Gasteiger partial charge in [-0.05, 0) is 6.42 Å².